The zero-order chi connectivity index (χ0) is 10.7. The third kappa shape index (κ3) is 3.09. The van der Waals surface area contributed by atoms with Gasteiger partial charge < -0.3 is 5.73 Å². The van der Waals surface area contributed by atoms with Crippen LogP contribution in [0, 0.1) is 0 Å². The molecule has 3 N–H and O–H groups in total. The summed E-state index contributed by atoms with van der Waals surface area (Å²) < 4.78 is 1.22. The second kappa shape index (κ2) is 4.93. The lowest BCUT2D eigenvalue weighted by atomic mass is 10.2. The first-order valence-electron chi connectivity index (χ1n) is 3.55. The van der Waals surface area contributed by atoms with Crippen molar-refractivity contribution >= 4 is 57.6 Å². The molecule has 0 radical (unpaired) electrons. The first kappa shape index (κ1) is 11.7. The molecule has 1 aromatic heterocycles. The van der Waals surface area contributed by atoms with Gasteiger partial charge in [0.1, 0.15) is 4.34 Å². The van der Waals surface area contributed by atoms with Crippen molar-refractivity contribution in [3.8, 4) is 0 Å². The molecule has 0 aliphatic carbocycles. The Morgan fingerprint density at radius 2 is 2.29 bits per heavy atom. The molecular formula is C7H7Cl2N3S2. The number of thiophene rings is 1. The molecule has 0 aromatic carbocycles. The number of rotatable bonds is 2. The number of hydrogen-bond donors (Lipinski definition) is 2. The molecule has 1 aromatic rings. The molecule has 1 heterocycles. The number of hydrogen-bond acceptors (Lipinski definition) is 3. The van der Waals surface area contributed by atoms with Gasteiger partial charge in [0.25, 0.3) is 0 Å². The Hall–Kier alpha value is -0.360. The fourth-order valence-electron chi connectivity index (χ4n) is 0.786. The number of nitrogens with zero attached hydrogens (tertiary/aromatic N) is 1. The van der Waals surface area contributed by atoms with Crippen LogP contribution in [0.5, 0.6) is 0 Å². The van der Waals surface area contributed by atoms with E-state index >= 15 is 0 Å². The first-order chi connectivity index (χ1) is 6.50. The van der Waals surface area contributed by atoms with Crippen LogP contribution < -0.4 is 11.2 Å². The van der Waals surface area contributed by atoms with Crippen molar-refractivity contribution in [2.24, 2.45) is 10.8 Å². The Morgan fingerprint density at radius 1 is 1.64 bits per heavy atom. The molecule has 0 amide bonds. The molecule has 0 spiro atoms. The van der Waals surface area contributed by atoms with Gasteiger partial charge in [-0.15, -0.1) is 11.3 Å². The van der Waals surface area contributed by atoms with E-state index in [-0.39, 0.29) is 5.11 Å². The maximum absolute atomic E-state index is 5.92. The number of nitrogens with two attached hydrogens (primary N) is 1. The van der Waals surface area contributed by atoms with E-state index in [1.165, 1.54) is 11.3 Å². The van der Waals surface area contributed by atoms with Gasteiger partial charge in [-0.1, -0.05) is 23.2 Å². The standard InChI is InChI=1S/C7H7Cl2N3S2/c1-3(11-12-7(10)13)4-2-5(8)14-6(4)9/h2H,1H3,(H3,10,12,13). The Labute approximate surface area is 101 Å². The lowest BCUT2D eigenvalue weighted by Crippen LogP contribution is -2.25. The Balaban J connectivity index is 2.88. The number of hydrazone groups is 1. The molecule has 76 valence electrons. The third-order valence-electron chi connectivity index (χ3n) is 1.38. The highest BCUT2D eigenvalue weighted by molar-refractivity contribution is 7.80. The van der Waals surface area contributed by atoms with Crippen molar-refractivity contribution in [3.05, 3.63) is 20.3 Å². The minimum absolute atomic E-state index is 0.113. The van der Waals surface area contributed by atoms with E-state index in [1.54, 1.807) is 13.0 Å². The average Bonchev–Trinajstić information content (AvgIpc) is 2.41. The second-order valence-electron chi connectivity index (χ2n) is 2.41. The van der Waals surface area contributed by atoms with Crippen LogP contribution in [0.3, 0.4) is 0 Å². The number of nitrogens with one attached hydrogen (secondary N) is 1. The highest BCUT2D eigenvalue weighted by atomic mass is 35.5. The summed E-state index contributed by atoms with van der Waals surface area (Å²) >= 11 is 17.6. The van der Waals surface area contributed by atoms with E-state index < -0.39 is 0 Å². The van der Waals surface area contributed by atoms with E-state index in [1.807, 2.05) is 0 Å². The largest absolute Gasteiger partial charge is 0.375 e. The molecule has 0 aliphatic heterocycles. The lowest BCUT2D eigenvalue weighted by molar-refractivity contribution is 1.03. The van der Waals surface area contributed by atoms with Gasteiger partial charge in [0, 0.05) is 5.56 Å². The normalized spacial score (nSPS) is 11.5. The maximum Gasteiger partial charge on any atom is 0.184 e. The summed E-state index contributed by atoms with van der Waals surface area (Å²) in [6.07, 6.45) is 0. The quantitative estimate of drug-likeness (QED) is 0.492. The minimum atomic E-state index is 0.113. The van der Waals surface area contributed by atoms with Crippen molar-refractivity contribution < 1.29 is 0 Å². The van der Waals surface area contributed by atoms with Crippen LogP contribution in [0.25, 0.3) is 0 Å². The zero-order valence-electron chi connectivity index (χ0n) is 7.17. The van der Waals surface area contributed by atoms with E-state index in [9.17, 15) is 0 Å². The van der Waals surface area contributed by atoms with Gasteiger partial charge in [0.15, 0.2) is 5.11 Å². The minimum Gasteiger partial charge on any atom is -0.375 e. The van der Waals surface area contributed by atoms with Crippen molar-refractivity contribution in [1.82, 2.24) is 5.43 Å². The maximum atomic E-state index is 5.92. The van der Waals surface area contributed by atoms with Gasteiger partial charge in [-0.05, 0) is 25.2 Å². The summed E-state index contributed by atoms with van der Waals surface area (Å²) in [5.74, 6) is 0. The number of thiocarbonyl (C=S) groups is 1. The fraction of sp³-hybridized carbons (Fsp3) is 0.143. The van der Waals surface area contributed by atoms with E-state index in [2.05, 4.69) is 22.7 Å². The van der Waals surface area contributed by atoms with Crippen LogP contribution in [0.1, 0.15) is 12.5 Å². The second-order valence-corrected chi connectivity index (χ2v) is 5.14. The predicted molar refractivity (Wildman–Crippen MR) is 66.5 cm³/mol. The van der Waals surface area contributed by atoms with Crippen molar-refractivity contribution in [3.63, 3.8) is 0 Å². The molecule has 0 saturated heterocycles. The van der Waals surface area contributed by atoms with E-state index in [0.717, 1.165) is 5.56 Å². The number of halogens is 2. The van der Waals surface area contributed by atoms with Gasteiger partial charge in [-0.3, -0.25) is 5.43 Å². The molecule has 0 unspecified atom stereocenters. The van der Waals surface area contributed by atoms with Gasteiger partial charge in [-0.2, -0.15) is 5.10 Å². The summed E-state index contributed by atoms with van der Waals surface area (Å²) in [5.41, 5.74) is 9.17. The van der Waals surface area contributed by atoms with Crippen LogP contribution in [-0.4, -0.2) is 10.8 Å². The summed E-state index contributed by atoms with van der Waals surface area (Å²) in [6.45, 7) is 1.79. The smallest absolute Gasteiger partial charge is 0.184 e. The van der Waals surface area contributed by atoms with Crippen LogP contribution in [0.15, 0.2) is 11.2 Å². The molecule has 0 fully saturated rings. The van der Waals surface area contributed by atoms with Crippen LogP contribution >= 0.6 is 46.8 Å². The van der Waals surface area contributed by atoms with E-state index in [4.69, 9.17) is 28.9 Å². The third-order valence-corrected chi connectivity index (χ3v) is 2.96. The summed E-state index contributed by atoms with van der Waals surface area (Å²) in [4.78, 5) is 0. The van der Waals surface area contributed by atoms with Crippen LogP contribution in [0.4, 0.5) is 0 Å². The highest BCUT2D eigenvalue weighted by Gasteiger charge is 2.08. The molecular weight excluding hydrogens is 261 g/mol. The van der Waals surface area contributed by atoms with E-state index in [0.29, 0.717) is 14.4 Å². The first-order valence-corrected chi connectivity index (χ1v) is 5.53. The molecule has 0 bridgehead atoms. The average molecular weight is 268 g/mol. The Morgan fingerprint density at radius 3 is 2.71 bits per heavy atom. The summed E-state index contributed by atoms with van der Waals surface area (Å²) in [6, 6.07) is 1.74. The molecule has 3 nitrogen and oxygen atoms in total. The molecule has 0 aliphatic rings. The molecule has 7 heteroatoms. The van der Waals surface area contributed by atoms with Crippen LogP contribution in [-0.2, 0) is 0 Å². The Kier molecular flexibility index (Phi) is 4.12. The Bertz CT molecular complexity index is 386. The molecule has 14 heavy (non-hydrogen) atoms. The predicted octanol–water partition coefficient (Wildman–Crippen LogP) is 2.61. The van der Waals surface area contributed by atoms with Crippen molar-refractivity contribution in [2.75, 3.05) is 0 Å². The monoisotopic (exact) mass is 267 g/mol. The lowest BCUT2D eigenvalue weighted by Gasteiger charge is -1.99. The molecule has 0 saturated carbocycles. The zero-order valence-corrected chi connectivity index (χ0v) is 10.3. The summed E-state index contributed by atoms with van der Waals surface area (Å²) in [5, 5.41) is 4.04. The topological polar surface area (TPSA) is 50.4 Å². The van der Waals surface area contributed by atoms with Gasteiger partial charge in [-0.25, -0.2) is 0 Å². The molecule has 1 rings (SSSR count). The van der Waals surface area contributed by atoms with Crippen molar-refractivity contribution in [2.45, 2.75) is 6.92 Å². The fourth-order valence-corrected chi connectivity index (χ4v) is 2.40. The van der Waals surface area contributed by atoms with Gasteiger partial charge in [0.2, 0.25) is 0 Å². The van der Waals surface area contributed by atoms with Crippen LogP contribution in [0.2, 0.25) is 8.67 Å². The van der Waals surface area contributed by atoms with Gasteiger partial charge in [0.05, 0.1) is 10.0 Å². The summed E-state index contributed by atoms with van der Waals surface area (Å²) in [7, 11) is 0. The van der Waals surface area contributed by atoms with Gasteiger partial charge >= 0.3 is 0 Å². The SMILES string of the molecule is CC(=NNC(N)=S)c1cc(Cl)sc1Cl. The molecule has 0 atom stereocenters. The van der Waals surface area contributed by atoms with Crippen molar-refractivity contribution in [1.29, 1.82) is 0 Å². The highest BCUT2D eigenvalue weighted by Crippen LogP contribution is 2.31.